The van der Waals surface area contributed by atoms with Crippen LogP contribution in [-0.4, -0.2) is 40.7 Å². The molecule has 0 unspecified atom stereocenters. The van der Waals surface area contributed by atoms with Gasteiger partial charge in [-0.3, -0.25) is 10.1 Å². The molecule has 1 fully saturated rings. The topological polar surface area (TPSA) is 81.4 Å². The first-order valence-corrected chi connectivity index (χ1v) is 5.92. The van der Waals surface area contributed by atoms with Gasteiger partial charge in [-0.25, -0.2) is 9.97 Å². The van der Waals surface area contributed by atoms with Gasteiger partial charge in [-0.15, -0.1) is 0 Å². The standard InChI is InChI=1S/C10H13ClN4O3/c1-6-5-14(3-4-18-6)10-8(15(16)17)9(11)12-7(2)13-10/h6H,3-5H2,1-2H3/t6-/m0/s1. The Balaban J connectivity index is 2.44. The Morgan fingerprint density at radius 2 is 2.28 bits per heavy atom. The molecule has 0 saturated carbocycles. The molecule has 2 rings (SSSR count). The van der Waals surface area contributed by atoms with Crippen molar-refractivity contribution in [3.05, 3.63) is 21.1 Å². The average Bonchev–Trinajstić information content (AvgIpc) is 2.27. The van der Waals surface area contributed by atoms with Crippen LogP contribution < -0.4 is 4.90 Å². The molecule has 0 aromatic carbocycles. The average molecular weight is 273 g/mol. The lowest BCUT2D eigenvalue weighted by Crippen LogP contribution is -2.42. The minimum absolute atomic E-state index is 0.00685. The molecule has 1 aliphatic rings. The van der Waals surface area contributed by atoms with Gasteiger partial charge >= 0.3 is 5.69 Å². The Bertz CT molecular complexity index is 482. The summed E-state index contributed by atoms with van der Waals surface area (Å²) in [6, 6.07) is 0. The van der Waals surface area contributed by atoms with E-state index >= 15 is 0 Å². The van der Waals surface area contributed by atoms with Crippen molar-refractivity contribution in [1.82, 2.24) is 9.97 Å². The molecule has 0 N–H and O–H groups in total. The van der Waals surface area contributed by atoms with Gasteiger partial charge in [0.2, 0.25) is 11.0 Å². The first-order chi connectivity index (χ1) is 8.49. The van der Waals surface area contributed by atoms with Gasteiger partial charge in [-0.05, 0) is 13.8 Å². The van der Waals surface area contributed by atoms with Crippen LogP contribution in [0.5, 0.6) is 0 Å². The summed E-state index contributed by atoms with van der Waals surface area (Å²) in [5, 5.41) is 10.9. The summed E-state index contributed by atoms with van der Waals surface area (Å²) in [7, 11) is 0. The Morgan fingerprint density at radius 3 is 2.89 bits per heavy atom. The molecular formula is C10H13ClN4O3. The molecule has 0 amide bonds. The lowest BCUT2D eigenvalue weighted by molar-refractivity contribution is -0.384. The van der Waals surface area contributed by atoms with Crippen molar-refractivity contribution in [2.45, 2.75) is 20.0 Å². The Hall–Kier alpha value is -1.47. The third-order valence-electron chi connectivity index (χ3n) is 2.66. The highest BCUT2D eigenvalue weighted by Crippen LogP contribution is 2.32. The van der Waals surface area contributed by atoms with Crippen molar-refractivity contribution >= 4 is 23.1 Å². The summed E-state index contributed by atoms with van der Waals surface area (Å²) in [6.45, 7) is 5.18. The highest BCUT2D eigenvalue weighted by molar-refractivity contribution is 6.31. The fourth-order valence-corrected chi connectivity index (χ4v) is 2.18. The summed E-state index contributed by atoms with van der Waals surface area (Å²) in [5.74, 6) is 0.687. The highest BCUT2D eigenvalue weighted by atomic mass is 35.5. The van der Waals surface area contributed by atoms with Gasteiger partial charge in [0.1, 0.15) is 5.82 Å². The molecule has 0 spiro atoms. The first kappa shape index (κ1) is 13.0. The number of anilines is 1. The monoisotopic (exact) mass is 272 g/mol. The van der Waals surface area contributed by atoms with Gasteiger partial charge in [0.05, 0.1) is 17.6 Å². The van der Waals surface area contributed by atoms with Crippen LogP contribution >= 0.6 is 11.6 Å². The summed E-state index contributed by atoms with van der Waals surface area (Å²) >= 11 is 5.83. The van der Waals surface area contributed by atoms with Crippen molar-refractivity contribution in [2.75, 3.05) is 24.6 Å². The maximum absolute atomic E-state index is 11.1. The van der Waals surface area contributed by atoms with E-state index in [4.69, 9.17) is 16.3 Å². The number of morpholine rings is 1. The van der Waals surface area contributed by atoms with E-state index in [2.05, 4.69) is 9.97 Å². The zero-order valence-corrected chi connectivity index (χ0v) is 10.8. The minimum Gasteiger partial charge on any atom is -0.375 e. The summed E-state index contributed by atoms with van der Waals surface area (Å²) in [6.07, 6.45) is 0.00685. The van der Waals surface area contributed by atoms with E-state index in [0.717, 1.165) is 0 Å². The molecule has 1 aromatic rings. The van der Waals surface area contributed by atoms with Crippen LogP contribution in [0.3, 0.4) is 0 Å². The molecule has 0 bridgehead atoms. The predicted molar refractivity (Wildman–Crippen MR) is 66.1 cm³/mol. The molecule has 8 heteroatoms. The molecule has 98 valence electrons. The van der Waals surface area contributed by atoms with Crippen LogP contribution in [0.2, 0.25) is 5.15 Å². The molecule has 0 aliphatic carbocycles. The number of halogens is 1. The van der Waals surface area contributed by atoms with Gasteiger partial charge in [-0.2, -0.15) is 0 Å². The summed E-state index contributed by atoms with van der Waals surface area (Å²) in [5.41, 5.74) is -0.239. The summed E-state index contributed by atoms with van der Waals surface area (Å²) < 4.78 is 5.40. The van der Waals surface area contributed by atoms with Crippen molar-refractivity contribution < 1.29 is 9.66 Å². The van der Waals surface area contributed by atoms with Gasteiger partial charge in [0.15, 0.2) is 0 Å². The number of hydrogen-bond donors (Lipinski definition) is 0. The number of rotatable bonds is 2. The SMILES string of the molecule is Cc1nc(Cl)c([N+](=O)[O-])c(N2CCO[C@@H](C)C2)n1. The number of nitro groups is 1. The van der Waals surface area contributed by atoms with E-state index in [1.807, 2.05) is 11.8 Å². The van der Waals surface area contributed by atoms with Gasteiger partial charge < -0.3 is 9.64 Å². The van der Waals surface area contributed by atoms with Crippen molar-refractivity contribution in [3.63, 3.8) is 0 Å². The number of hydrogen-bond acceptors (Lipinski definition) is 6. The van der Waals surface area contributed by atoms with Gasteiger partial charge in [-0.1, -0.05) is 11.6 Å². The first-order valence-electron chi connectivity index (χ1n) is 5.54. The van der Waals surface area contributed by atoms with E-state index in [1.54, 1.807) is 6.92 Å². The zero-order valence-electron chi connectivity index (χ0n) is 10.1. The van der Waals surface area contributed by atoms with Crippen molar-refractivity contribution in [3.8, 4) is 0 Å². The quantitative estimate of drug-likeness (QED) is 0.462. The molecule has 7 nitrogen and oxygen atoms in total. The Morgan fingerprint density at radius 1 is 1.56 bits per heavy atom. The van der Waals surface area contributed by atoms with Gasteiger partial charge in [0.25, 0.3) is 0 Å². The van der Waals surface area contributed by atoms with Crippen molar-refractivity contribution in [1.29, 1.82) is 0 Å². The Labute approximate surface area is 109 Å². The van der Waals surface area contributed by atoms with E-state index in [0.29, 0.717) is 25.5 Å². The number of aryl methyl sites for hydroxylation is 1. The van der Waals surface area contributed by atoms with Crippen LogP contribution in [0.1, 0.15) is 12.7 Å². The van der Waals surface area contributed by atoms with Crippen molar-refractivity contribution in [2.24, 2.45) is 0 Å². The van der Waals surface area contributed by atoms with Crippen LogP contribution in [0.15, 0.2) is 0 Å². The fraction of sp³-hybridized carbons (Fsp3) is 0.600. The van der Waals surface area contributed by atoms with E-state index in [-0.39, 0.29) is 22.8 Å². The van der Waals surface area contributed by atoms with Crippen LogP contribution in [-0.2, 0) is 4.74 Å². The normalized spacial score (nSPS) is 19.9. The van der Waals surface area contributed by atoms with Gasteiger partial charge in [0, 0.05) is 13.1 Å². The fourth-order valence-electron chi connectivity index (χ4n) is 1.91. The molecule has 18 heavy (non-hydrogen) atoms. The number of ether oxygens (including phenoxy) is 1. The maximum Gasteiger partial charge on any atom is 0.348 e. The second kappa shape index (κ2) is 5.03. The van der Waals surface area contributed by atoms with E-state index in [9.17, 15) is 10.1 Å². The third-order valence-corrected chi connectivity index (χ3v) is 2.92. The molecular weight excluding hydrogens is 260 g/mol. The second-order valence-corrected chi connectivity index (χ2v) is 4.48. The Kier molecular flexibility index (Phi) is 3.63. The van der Waals surface area contributed by atoms with E-state index in [1.165, 1.54) is 0 Å². The molecule has 0 radical (unpaired) electrons. The highest BCUT2D eigenvalue weighted by Gasteiger charge is 2.29. The molecule has 1 saturated heterocycles. The van der Waals surface area contributed by atoms with Crippen LogP contribution in [0.4, 0.5) is 11.5 Å². The number of aromatic nitrogens is 2. The lowest BCUT2D eigenvalue weighted by atomic mass is 10.3. The summed E-state index contributed by atoms with van der Waals surface area (Å²) in [4.78, 5) is 20.3. The molecule has 2 heterocycles. The van der Waals surface area contributed by atoms with E-state index < -0.39 is 4.92 Å². The lowest BCUT2D eigenvalue weighted by Gasteiger charge is -2.31. The van der Waals surface area contributed by atoms with Crippen LogP contribution in [0.25, 0.3) is 0 Å². The largest absolute Gasteiger partial charge is 0.375 e. The number of nitrogens with zero attached hydrogens (tertiary/aromatic N) is 4. The third kappa shape index (κ3) is 2.51. The smallest absolute Gasteiger partial charge is 0.348 e. The molecule has 1 atom stereocenters. The second-order valence-electron chi connectivity index (χ2n) is 4.12. The molecule has 1 aromatic heterocycles. The van der Waals surface area contributed by atoms with Crippen LogP contribution in [0, 0.1) is 17.0 Å². The zero-order chi connectivity index (χ0) is 13.3. The minimum atomic E-state index is -0.544. The predicted octanol–water partition coefficient (Wildman–Crippen LogP) is 1.57. The maximum atomic E-state index is 11.1. The molecule has 1 aliphatic heterocycles.